The maximum atomic E-state index is 11.9. The zero-order chi connectivity index (χ0) is 14.3. The van der Waals surface area contributed by atoms with Gasteiger partial charge in [0.2, 0.25) is 5.91 Å². The summed E-state index contributed by atoms with van der Waals surface area (Å²) < 4.78 is 5.27. The fourth-order valence-corrected chi connectivity index (χ4v) is 1.79. The van der Waals surface area contributed by atoms with E-state index in [4.69, 9.17) is 4.74 Å². The lowest BCUT2D eigenvalue weighted by Gasteiger charge is -2.18. The Kier molecular flexibility index (Phi) is 6.19. The van der Waals surface area contributed by atoms with Crippen molar-refractivity contribution < 1.29 is 9.53 Å². The van der Waals surface area contributed by atoms with Crippen LogP contribution in [0.3, 0.4) is 0 Å². The highest BCUT2D eigenvalue weighted by molar-refractivity contribution is 5.81. The summed E-state index contributed by atoms with van der Waals surface area (Å²) in [5.41, 5.74) is 2.00. The number of ether oxygens (including phenoxy) is 1. The maximum Gasteiger partial charge on any atom is 0.241 e. The molecular formula is C15H24N2O2. The molecule has 0 heterocycles. The molecule has 0 atom stereocenters. The molecule has 0 aliphatic carbocycles. The second kappa shape index (κ2) is 7.67. The number of aryl methyl sites for hydroxylation is 1. The third-order valence-corrected chi connectivity index (χ3v) is 3.06. The number of hydrogen-bond acceptors (Lipinski definition) is 3. The molecule has 0 saturated heterocycles. The summed E-state index contributed by atoms with van der Waals surface area (Å²) >= 11 is 0. The zero-order valence-corrected chi connectivity index (χ0v) is 12.3. The summed E-state index contributed by atoms with van der Waals surface area (Å²) in [6.07, 6.45) is 2.13. The number of likely N-dealkylation sites (N-methyl/N-ethyl adjacent to an activating group) is 1. The van der Waals surface area contributed by atoms with Crippen molar-refractivity contribution in [3.63, 3.8) is 0 Å². The van der Waals surface area contributed by atoms with Crippen LogP contribution in [-0.2, 0) is 4.79 Å². The Bertz CT molecular complexity index is 419. The molecule has 0 aliphatic heterocycles. The van der Waals surface area contributed by atoms with E-state index >= 15 is 0 Å². The molecule has 0 aliphatic rings. The van der Waals surface area contributed by atoms with E-state index < -0.39 is 0 Å². The molecule has 0 saturated carbocycles. The molecule has 0 unspecified atom stereocenters. The van der Waals surface area contributed by atoms with Gasteiger partial charge in [-0.05, 0) is 31.0 Å². The number of amides is 1. The van der Waals surface area contributed by atoms with Gasteiger partial charge in [-0.3, -0.25) is 4.79 Å². The molecule has 0 spiro atoms. The lowest BCUT2D eigenvalue weighted by atomic mass is 10.2. The van der Waals surface area contributed by atoms with E-state index in [1.165, 1.54) is 0 Å². The molecule has 0 bridgehead atoms. The van der Waals surface area contributed by atoms with Gasteiger partial charge >= 0.3 is 0 Å². The molecule has 0 fully saturated rings. The number of carbonyl (C=O) groups is 1. The van der Waals surface area contributed by atoms with E-state index in [9.17, 15) is 4.79 Å². The number of nitrogens with zero attached hydrogens (tertiary/aromatic N) is 1. The second-order valence-corrected chi connectivity index (χ2v) is 4.73. The summed E-state index contributed by atoms with van der Waals surface area (Å²) in [6.45, 7) is 5.23. The van der Waals surface area contributed by atoms with Crippen molar-refractivity contribution in [1.29, 1.82) is 0 Å². The van der Waals surface area contributed by atoms with Gasteiger partial charge in [-0.25, -0.2) is 0 Å². The van der Waals surface area contributed by atoms with Gasteiger partial charge in [0.1, 0.15) is 5.75 Å². The Morgan fingerprint density at radius 2 is 2.16 bits per heavy atom. The molecule has 0 radical (unpaired) electrons. The maximum absolute atomic E-state index is 11.9. The molecule has 106 valence electrons. The third kappa shape index (κ3) is 4.81. The molecule has 1 aromatic rings. The van der Waals surface area contributed by atoms with Crippen molar-refractivity contribution in [2.24, 2.45) is 0 Å². The average Bonchev–Trinajstić information content (AvgIpc) is 2.42. The van der Waals surface area contributed by atoms with Crippen LogP contribution in [0.5, 0.6) is 5.75 Å². The number of anilines is 1. The third-order valence-electron chi connectivity index (χ3n) is 3.06. The number of carbonyl (C=O) groups excluding carboxylic acids is 1. The molecule has 19 heavy (non-hydrogen) atoms. The zero-order valence-electron chi connectivity index (χ0n) is 12.3. The highest BCUT2D eigenvalue weighted by Crippen LogP contribution is 2.24. The van der Waals surface area contributed by atoms with E-state index in [2.05, 4.69) is 12.2 Å². The fraction of sp³-hybridized carbons (Fsp3) is 0.533. The summed E-state index contributed by atoms with van der Waals surface area (Å²) in [5.74, 6) is 0.853. The Morgan fingerprint density at radius 1 is 1.42 bits per heavy atom. The van der Waals surface area contributed by atoms with Gasteiger partial charge in [0, 0.05) is 13.6 Å². The first-order chi connectivity index (χ1) is 9.08. The van der Waals surface area contributed by atoms with E-state index in [0.29, 0.717) is 6.54 Å². The SMILES string of the molecule is CCCCN(C)C(=O)CNc1cc(C)ccc1OC. The minimum atomic E-state index is 0.0945. The van der Waals surface area contributed by atoms with Gasteiger partial charge in [-0.15, -0.1) is 0 Å². The summed E-state index contributed by atoms with van der Waals surface area (Å²) in [6, 6.07) is 5.88. The van der Waals surface area contributed by atoms with Crippen molar-refractivity contribution in [2.45, 2.75) is 26.7 Å². The van der Waals surface area contributed by atoms with Gasteiger partial charge in [0.15, 0.2) is 0 Å². The molecule has 1 aromatic carbocycles. The predicted molar refractivity (Wildman–Crippen MR) is 78.8 cm³/mol. The van der Waals surface area contributed by atoms with E-state index in [-0.39, 0.29) is 5.91 Å². The van der Waals surface area contributed by atoms with Crippen molar-refractivity contribution in [1.82, 2.24) is 4.90 Å². The van der Waals surface area contributed by atoms with Crippen LogP contribution in [0.15, 0.2) is 18.2 Å². The summed E-state index contributed by atoms with van der Waals surface area (Å²) in [4.78, 5) is 13.7. The lowest BCUT2D eigenvalue weighted by molar-refractivity contribution is -0.128. The first-order valence-corrected chi connectivity index (χ1v) is 6.71. The smallest absolute Gasteiger partial charge is 0.241 e. The van der Waals surface area contributed by atoms with Gasteiger partial charge in [-0.2, -0.15) is 0 Å². The first kappa shape index (κ1) is 15.3. The Balaban J connectivity index is 2.56. The molecule has 4 heteroatoms. The number of hydrogen-bond donors (Lipinski definition) is 1. The van der Waals surface area contributed by atoms with Crippen LogP contribution in [0.2, 0.25) is 0 Å². The van der Waals surface area contributed by atoms with Crippen LogP contribution in [0.25, 0.3) is 0 Å². The number of unbranched alkanes of at least 4 members (excludes halogenated alkanes) is 1. The van der Waals surface area contributed by atoms with Gasteiger partial charge in [-0.1, -0.05) is 19.4 Å². The molecule has 1 rings (SSSR count). The van der Waals surface area contributed by atoms with Crippen molar-refractivity contribution >= 4 is 11.6 Å². The van der Waals surface area contributed by atoms with E-state index in [1.54, 1.807) is 12.0 Å². The van der Waals surface area contributed by atoms with Crippen LogP contribution < -0.4 is 10.1 Å². The van der Waals surface area contributed by atoms with Crippen LogP contribution in [0.1, 0.15) is 25.3 Å². The largest absolute Gasteiger partial charge is 0.495 e. The van der Waals surface area contributed by atoms with Gasteiger partial charge in [0.05, 0.1) is 19.3 Å². The minimum absolute atomic E-state index is 0.0945. The monoisotopic (exact) mass is 264 g/mol. The number of nitrogens with one attached hydrogen (secondary N) is 1. The number of rotatable bonds is 7. The van der Waals surface area contributed by atoms with E-state index in [0.717, 1.165) is 36.4 Å². The van der Waals surface area contributed by atoms with Crippen LogP contribution in [0, 0.1) is 6.92 Å². The lowest BCUT2D eigenvalue weighted by Crippen LogP contribution is -2.33. The van der Waals surface area contributed by atoms with Crippen molar-refractivity contribution in [3.8, 4) is 5.75 Å². The molecular weight excluding hydrogens is 240 g/mol. The Labute approximate surface area is 115 Å². The first-order valence-electron chi connectivity index (χ1n) is 6.71. The van der Waals surface area contributed by atoms with Crippen molar-refractivity contribution in [3.05, 3.63) is 23.8 Å². The minimum Gasteiger partial charge on any atom is -0.495 e. The predicted octanol–water partition coefficient (Wildman–Crippen LogP) is 2.67. The highest BCUT2D eigenvalue weighted by Gasteiger charge is 2.09. The van der Waals surface area contributed by atoms with Crippen LogP contribution >= 0.6 is 0 Å². The van der Waals surface area contributed by atoms with Crippen LogP contribution in [0.4, 0.5) is 5.69 Å². The molecule has 4 nitrogen and oxygen atoms in total. The quantitative estimate of drug-likeness (QED) is 0.823. The van der Waals surface area contributed by atoms with E-state index in [1.807, 2.05) is 32.2 Å². The molecule has 1 N–H and O–H groups in total. The second-order valence-electron chi connectivity index (χ2n) is 4.73. The highest BCUT2D eigenvalue weighted by atomic mass is 16.5. The van der Waals surface area contributed by atoms with Gasteiger partial charge < -0.3 is 15.0 Å². The summed E-state index contributed by atoms with van der Waals surface area (Å²) in [7, 11) is 3.47. The topological polar surface area (TPSA) is 41.6 Å². The van der Waals surface area contributed by atoms with Crippen molar-refractivity contribution in [2.75, 3.05) is 32.6 Å². The average molecular weight is 264 g/mol. The Morgan fingerprint density at radius 3 is 2.79 bits per heavy atom. The summed E-state index contributed by atoms with van der Waals surface area (Å²) in [5, 5.41) is 3.15. The normalized spacial score (nSPS) is 10.1. The molecule has 0 aromatic heterocycles. The Hall–Kier alpha value is -1.71. The van der Waals surface area contributed by atoms with Crippen LogP contribution in [-0.4, -0.2) is 38.1 Å². The molecule has 1 amide bonds. The van der Waals surface area contributed by atoms with Gasteiger partial charge in [0.25, 0.3) is 0 Å². The number of methoxy groups -OCH3 is 1. The standard InChI is InChI=1S/C15H24N2O2/c1-5-6-9-17(3)15(18)11-16-13-10-12(2)7-8-14(13)19-4/h7-8,10,16H,5-6,9,11H2,1-4H3. The fourth-order valence-electron chi connectivity index (χ4n) is 1.79. The number of benzene rings is 1.